The number of aromatic nitrogens is 2. The predicted octanol–water partition coefficient (Wildman–Crippen LogP) is 0.345. The Morgan fingerprint density at radius 2 is 2.08 bits per heavy atom. The number of rotatable bonds is 4. The zero-order valence-electron chi connectivity index (χ0n) is 14.8. The van der Waals surface area contributed by atoms with Crippen molar-refractivity contribution >= 4 is 5.91 Å². The molecule has 0 aromatic carbocycles. The van der Waals surface area contributed by atoms with Gasteiger partial charge in [-0.2, -0.15) is 4.98 Å². The van der Waals surface area contributed by atoms with Crippen LogP contribution in [0.1, 0.15) is 31.0 Å². The first kappa shape index (κ1) is 17.3. The van der Waals surface area contributed by atoms with E-state index in [-0.39, 0.29) is 11.4 Å². The minimum atomic E-state index is 0.0497. The number of ether oxygens (including phenoxy) is 1. The molecule has 0 aliphatic carbocycles. The second-order valence-corrected chi connectivity index (χ2v) is 6.96. The van der Waals surface area contributed by atoms with Gasteiger partial charge in [-0.25, -0.2) is 0 Å². The first-order valence-corrected chi connectivity index (χ1v) is 8.50. The number of methoxy groups -OCH3 is 1. The Balaban J connectivity index is 1.67. The SMILES string of the molecule is COCc1noc(CN2CCN(C)[C@]3(CCC(=O)N(C)CC3)C2)n1. The molecule has 134 valence electrons. The van der Waals surface area contributed by atoms with Crippen LogP contribution in [0.5, 0.6) is 0 Å². The molecular formula is C16H27N5O3. The molecule has 1 aromatic rings. The van der Waals surface area contributed by atoms with Crippen LogP contribution in [-0.4, -0.2) is 83.7 Å². The Hall–Kier alpha value is -1.51. The molecule has 2 aliphatic rings. The molecule has 0 N–H and O–H groups in total. The third-order valence-corrected chi connectivity index (χ3v) is 5.36. The van der Waals surface area contributed by atoms with Gasteiger partial charge in [0.15, 0.2) is 5.82 Å². The summed E-state index contributed by atoms with van der Waals surface area (Å²) in [5.74, 6) is 1.46. The molecule has 24 heavy (non-hydrogen) atoms. The first-order chi connectivity index (χ1) is 11.5. The summed E-state index contributed by atoms with van der Waals surface area (Å²) in [5, 5.41) is 3.93. The third kappa shape index (κ3) is 3.60. The smallest absolute Gasteiger partial charge is 0.240 e. The lowest BCUT2D eigenvalue weighted by Gasteiger charge is -2.49. The Morgan fingerprint density at radius 3 is 2.88 bits per heavy atom. The van der Waals surface area contributed by atoms with E-state index in [0.29, 0.717) is 31.3 Å². The first-order valence-electron chi connectivity index (χ1n) is 8.50. The fraction of sp³-hybridized carbons (Fsp3) is 0.812. The highest BCUT2D eigenvalue weighted by Gasteiger charge is 2.41. The van der Waals surface area contributed by atoms with Gasteiger partial charge in [-0.1, -0.05) is 5.16 Å². The fourth-order valence-corrected chi connectivity index (χ4v) is 3.71. The van der Waals surface area contributed by atoms with Crippen LogP contribution in [0.25, 0.3) is 0 Å². The van der Waals surface area contributed by atoms with E-state index >= 15 is 0 Å². The lowest BCUT2D eigenvalue weighted by molar-refractivity contribution is -0.129. The van der Waals surface area contributed by atoms with Gasteiger partial charge in [-0.15, -0.1) is 0 Å². The van der Waals surface area contributed by atoms with Crippen LogP contribution in [0.3, 0.4) is 0 Å². The van der Waals surface area contributed by atoms with E-state index in [2.05, 4.69) is 27.0 Å². The van der Waals surface area contributed by atoms with Gasteiger partial charge in [-0.3, -0.25) is 14.6 Å². The van der Waals surface area contributed by atoms with Crippen molar-refractivity contribution in [2.75, 3.05) is 47.4 Å². The third-order valence-electron chi connectivity index (χ3n) is 5.36. The van der Waals surface area contributed by atoms with Crippen LogP contribution in [0.15, 0.2) is 4.52 Å². The van der Waals surface area contributed by atoms with Gasteiger partial charge in [0.2, 0.25) is 11.8 Å². The van der Waals surface area contributed by atoms with Crippen LogP contribution < -0.4 is 0 Å². The number of hydrogen-bond acceptors (Lipinski definition) is 7. The number of carbonyl (C=O) groups excluding carboxylic acids is 1. The summed E-state index contributed by atoms with van der Waals surface area (Å²) >= 11 is 0. The molecule has 1 spiro atoms. The van der Waals surface area contributed by atoms with Gasteiger partial charge in [-0.05, 0) is 19.9 Å². The van der Waals surface area contributed by atoms with Crippen molar-refractivity contribution in [3.8, 4) is 0 Å². The van der Waals surface area contributed by atoms with Gasteiger partial charge in [0.25, 0.3) is 0 Å². The molecule has 8 nitrogen and oxygen atoms in total. The maximum Gasteiger partial charge on any atom is 0.240 e. The summed E-state index contributed by atoms with van der Waals surface area (Å²) in [6.07, 6.45) is 2.52. The quantitative estimate of drug-likeness (QED) is 0.784. The average molecular weight is 337 g/mol. The summed E-state index contributed by atoms with van der Waals surface area (Å²) < 4.78 is 10.4. The van der Waals surface area contributed by atoms with Gasteiger partial charge < -0.3 is 14.2 Å². The van der Waals surface area contributed by atoms with Crippen molar-refractivity contribution in [2.45, 2.75) is 38.0 Å². The molecule has 2 fully saturated rings. The van der Waals surface area contributed by atoms with Crippen molar-refractivity contribution in [3.05, 3.63) is 11.7 Å². The molecule has 1 aromatic heterocycles. The summed E-state index contributed by atoms with van der Waals surface area (Å²) in [5.41, 5.74) is 0.0497. The molecule has 2 aliphatic heterocycles. The summed E-state index contributed by atoms with van der Waals surface area (Å²) in [6, 6.07) is 0. The van der Waals surface area contributed by atoms with E-state index in [0.717, 1.165) is 39.0 Å². The van der Waals surface area contributed by atoms with Crippen LogP contribution in [-0.2, 0) is 22.7 Å². The van der Waals surface area contributed by atoms with E-state index in [1.54, 1.807) is 7.11 Å². The average Bonchev–Trinajstić information content (AvgIpc) is 2.95. The van der Waals surface area contributed by atoms with Crippen molar-refractivity contribution in [1.29, 1.82) is 0 Å². The van der Waals surface area contributed by atoms with Crippen molar-refractivity contribution in [1.82, 2.24) is 24.8 Å². The largest absolute Gasteiger partial charge is 0.377 e. The van der Waals surface area contributed by atoms with Crippen molar-refractivity contribution in [2.24, 2.45) is 0 Å². The molecule has 0 saturated carbocycles. The molecule has 0 bridgehead atoms. The zero-order chi connectivity index (χ0) is 17.2. The summed E-state index contributed by atoms with van der Waals surface area (Å²) in [7, 11) is 5.69. The maximum atomic E-state index is 12.0. The van der Waals surface area contributed by atoms with Crippen LogP contribution in [0.4, 0.5) is 0 Å². The second kappa shape index (κ2) is 7.16. The maximum absolute atomic E-state index is 12.0. The highest BCUT2D eigenvalue weighted by atomic mass is 16.5. The molecule has 0 unspecified atom stereocenters. The topological polar surface area (TPSA) is 74.9 Å². The van der Waals surface area contributed by atoms with Gasteiger partial charge in [0, 0.05) is 52.3 Å². The van der Waals surface area contributed by atoms with Gasteiger partial charge in [0.1, 0.15) is 6.61 Å². The number of likely N-dealkylation sites (N-methyl/N-ethyl adjacent to an activating group) is 1. The molecule has 3 rings (SSSR count). The van der Waals surface area contributed by atoms with E-state index in [4.69, 9.17) is 9.26 Å². The lowest BCUT2D eigenvalue weighted by Crippen LogP contribution is -2.60. The molecule has 1 amide bonds. The summed E-state index contributed by atoms with van der Waals surface area (Å²) in [6.45, 7) is 4.70. The number of hydrogen-bond donors (Lipinski definition) is 0. The minimum absolute atomic E-state index is 0.0497. The number of piperazine rings is 1. The van der Waals surface area contributed by atoms with Gasteiger partial charge in [0.05, 0.1) is 6.54 Å². The van der Waals surface area contributed by atoms with E-state index in [1.165, 1.54) is 0 Å². The Kier molecular flexibility index (Phi) is 5.17. The normalized spacial score (nSPS) is 27.0. The van der Waals surface area contributed by atoms with Crippen LogP contribution in [0.2, 0.25) is 0 Å². The predicted molar refractivity (Wildman–Crippen MR) is 87.1 cm³/mol. The lowest BCUT2D eigenvalue weighted by atomic mass is 9.86. The number of likely N-dealkylation sites (tertiary alicyclic amines) is 1. The second-order valence-electron chi connectivity index (χ2n) is 6.96. The number of nitrogens with zero attached hydrogens (tertiary/aromatic N) is 5. The number of carbonyl (C=O) groups is 1. The molecule has 0 radical (unpaired) electrons. The van der Waals surface area contributed by atoms with E-state index in [9.17, 15) is 4.79 Å². The highest BCUT2D eigenvalue weighted by Crippen LogP contribution is 2.32. The zero-order valence-corrected chi connectivity index (χ0v) is 14.8. The highest BCUT2D eigenvalue weighted by molar-refractivity contribution is 5.76. The Labute approximate surface area is 142 Å². The van der Waals surface area contributed by atoms with Crippen LogP contribution >= 0.6 is 0 Å². The number of amides is 1. The van der Waals surface area contributed by atoms with Crippen molar-refractivity contribution in [3.63, 3.8) is 0 Å². The molecule has 2 saturated heterocycles. The Morgan fingerprint density at radius 1 is 1.25 bits per heavy atom. The molecule has 8 heteroatoms. The van der Waals surface area contributed by atoms with Gasteiger partial charge >= 0.3 is 0 Å². The standard InChI is InChI=1S/C16H27N5O3/c1-19-7-6-16(5-4-15(19)22)12-21(9-8-20(16)2)10-14-17-13(11-23-3)18-24-14/h4-12H2,1-3H3/t16-/m0/s1. The van der Waals surface area contributed by atoms with E-state index in [1.807, 2.05) is 11.9 Å². The molecule has 3 heterocycles. The Bertz CT molecular complexity index is 578. The van der Waals surface area contributed by atoms with Crippen molar-refractivity contribution < 1.29 is 14.1 Å². The summed E-state index contributed by atoms with van der Waals surface area (Å²) in [4.78, 5) is 23.1. The molecular weight excluding hydrogens is 310 g/mol. The fourth-order valence-electron chi connectivity index (χ4n) is 3.71. The monoisotopic (exact) mass is 337 g/mol. The molecule has 1 atom stereocenters. The minimum Gasteiger partial charge on any atom is -0.377 e. The van der Waals surface area contributed by atoms with Crippen LogP contribution in [0, 0.1) is 0 Å². The van der Waals surface area contributed by atoms with E-state index < -0.39 is 0 Å².